The molecular formula is C52H68N5O19S4+. The van der Waals surface area contributed by atoms with Crippen LogP contribution in [0.15, 0.2) is 104 Å². The molecule has 3 aliphatic rings. The molecule has 0 aromatic heterocycles. The van der Waals surface area contributed by atoms with Crippen molar-refractivity contribution >= 4 is 91.4 Å². The summed E-state index contributed by atoms with van der Waals surface area (Å²) in [5.41, 5.74) is 1.44. The number of carbonyl (C=O) groups excluding carboxylic acids is 2. The average molecular weight is 1200 g/mol. The van der Waals surface area contributed by atoms with Gasteiger partial charge in [-0.25, -0.2) is 0 Å². The summed E-state index contributed by atoms with van der Waals surface area (Å²) in [7, 11) is -17.6. The molecule has 0 spiro atoms. The fourth-order valence-corrected chi connectivity index (χ4v) is 13.1. The molecule has 3 heterocycles. The van der Waals surface area contributed by atoms with E-state index in [1.165, 1.54) is 43.4 Å². The number of ether oxygens (including phenoxy) is 1. The number of benzene rings is 4. The molecule has 0 bridgehead atoms. The lowest BCUT2D eigenvalue weighted by Crippen LogP contribution is -2.62. The van der Waals surface area contributed by atoms with Gasteiger partial charge in [-0.2, -0.15) is 38.2 Å². The lowest BCUT2D eigenvalue weighted by Gasteiger charge is -2.39. The number of likely N-dealkylation sites (N-methyl/N-ethyl adjacent to an activating group) is 1. The molecule has 0 radical (unpaired) electrons. The third kappa shape index (κ3) is 13.5. The number of allylic oxidation sites excluding steroid dienone is 6. The van der Waals surface area contributed by atoms with Gasteiger partial charge in [-0.05, 0) is 86.5 Å². The number of fused-ring (bicyclic) bond motifs is 6. The first kappa shape index (κ1) is 63.6. The number of unbranched alkanes of at least 4 members (excludes halogenated alkanes) is 2. The maximum Gasteiger partial charge on any atom is 0.295 e. The van der Waals surface area contributed by atoms with Crippen molar-refractivity contribution in [2.45, 2.75) is 128 Å². The summed E-state index contributed by atoms with van der Waals surface area (Å²) >= 11 is 0. The number of carbonyl (C=O) groups is 2. The van der Waals surface area contributed by atoms with Crippen LogP contribution in [0.4, 0.5) is 11.4 Å². The molecule has 11 N–H and O–H groups in total. The first-order chi connectivity index (χ1) is 37.3. The minimum Gasteiger partial charge on any atom is -0.394 e. The fourth-order valence-electron chi connectivity index (χ4n) is 10.6. The molecule has 0 saturated carbocycles. The van der Waals surface area contributed by atoms with Crippen molar-refractivity contribution < 1.29 is 91.2 Å². The molecule has 7 rings (SSSR count). The number of amides is 2. The van der Waals surface area contributed by atoms with E-state index in [1.54, 1.807) is 18.2 Å². The number of hydrogen-bond acceptors (Lipinski definition) is 17. The first-order valence-corrected chi connectivity index (χ1v) is 31.0. The van der Waals surface area contributed by atoms with Gasteiger partial charge < -0.3 is 46.0 Å². The third-order valence-corrected chi connectivity index (χ3v) is 17.8. The van der Waals surface area contributed by atoms with E-state index in [9.17, 15) is 76.8 Å². The highest BCUT2D eigenvalue weighted by molar-refractivity contribution is 7.86. The van der Waals surface area contributed by atoms with Gasteiger partial charge in [-0.3, -0.25) is 27.8 Å². The summed E-state index contributed by atoms with van der Waals surface area (Å²) in [6.07, 6.45) is 7.33. The number of rotatable bonds is 21. The molecule has 438 valence electrons. The zero-order valence-electron chi connectivity index (χ0n) is 44.6. The Morgan fingerprint density at radius 1 is 0.725 bits per heavy atom. The molecule has 5 unspecified atom stereocenters. The molecule has 5 atom stereocenters. The maximum atomic E-state index is 12.9. The Bertz CT molecular complexity index is 3640. The predicted octanol–water partition coefficient (Wildman–Crippen LogP) is 2.99. The monoisotopic (exact) mass is 1190 g/mol. The van der Waals surface area contributed by atoms with Crippen LogP contribution in [0.25, 0.3) is 21.5 Å². The summed E-state index contributed by atoms with van der Waals surface area (Å²) in [4.78, 5) is 22.9. The number of nitrogens with zero attached hydrogens (tertiary/aromatic N) is 2. The van der Waals surface area contributed by atoms with Crippen LogP contribution >= 0.6 is 0 Å². The highest BCUT2D eigenvalue weighted by Crippen LogP contribution is 2.53. The average Bonchev–Trinajstić information content (AvgIpc) is 3.73. The second-order valence-corrected chi connectivity index (χ2v) is 26.0. The Kier molecular flexibility index (Phi) is 19.8. The van der Waals surface area contributed by atoms with Gasteiger partial charge in [0.05, 0.1) is 27.9 Å². The summed E-state index contributed by atoms with van der Waals surface area (Å²) in [5.74, 6) is -0.193. The van der Waals surface area contributed by atoms with E-state index in [-0.39, 0.29) is 47.0 Å². The maximum absolute atomic E-state index is 12.9. The van der Waals surface area contributed by atoms with Gasteiger partial charge in [-0.15, -0.1) is 0 Å². The standard InChI is InChI=1S/C45H52N4O14S4.C7H15NO5/c1-6-22-48-35-26-37(66(58,59)60)31-18-16-29(64(52,53)54)24-33(31)42(35)44(2,3)39(48)13-9-7-10-14-40-45(4,5)43-34-25-30(65(55,56)57)17-19-32(34)38(67(61,62)63)27-36(43)49(40)23-12-8-11-15-41(51)47-21-20-46-28-50;1-8-4-6(11)5(10)3(2-9)13-7(4)12/h7,9-10,13-14,16-19,24-28H,6,8,11-12,15,20-23H2,1-5H3,(H5-,46,47,50,51,52,53,54,55,56,57,58,59,60,61,62,63);3-12H,2H2,1H3/p+1. The second kappa shape index (κ2) is 24.9. The van der Waals surface area contributed by atoms with Crippen LogP contribution in [-0.2, 0) is 65.6 Å². The van der Waals surface area contributed by atoms with Crippen LogP contribution < -0.4 is 20.9 Å². The van der Waals surface area contributed by atoms with Crippen molar-refractivity contribution in [3.63, 3.8) is 0 Å². The van der Waals surface area contributed by atoms with E-state index in [2.05, 4.69) is 16.0 Å². The van der Waals surface area contributed by atoms with E-state index < -0.39 is 108 Å². The summed E-state index contributed by atoms with van der Waals surface area (Å²) in [5, 5.41) is 45.1. The van der Waals surface area contributed by atoms with Crippen molar-refractivity contribution in [2.24, 2.45) is 0 Å². The van der Waals surface area contributed by atoms with Gasteiger partial charge in [0.15, 0.2) is 12.0 Å². The molecule has 0 aliphatic carbocycles. The van der Waals surface area contributed by atoms with Crippen molar-refractivity contribution in [3.05, 3.63) is 95.7 Å². The molecule has 1 fully saturated rings. The van der Waals surface area contributed by atoms with Gasteiger partial charge >= 0.3 is 0 Å². The number of anilines is 1. The molecule has 3 aliphatic heterocycles. The minimum absolute atomic E-state index is 0.0373. The highest BCUT2D eigenvalue weighted by Gasteiger charge is 2.47. The van der Waals surface area contributed by atoms with Gasteiger partial charge in [0.1, 0.15) is 34.6 Å². The van der Waals surface area contributed by atoms with Crippen molar-refractivity contribution in [3.8, 4) is 0 Å². The largest absolute Gasteiger partial charge is 0.394 e. The second-order valence-electron chi connectivity index (χ2n) is 20.4. The van der Waals surface area contributed by atoms with Gasteiger partial charge in [-0.1, -0.05) is 57.6 Å². The predicted molar refractivity (Wildman–Crippen MR) is 295 cm³/mol. The smallest absolute Gasteiger partial charge is 0.295 e. The topological polar surface area (TPSA) is 384 Å². The normalized spacial score (nSPS) is 21.6. The Morgan fingerprint density at radius 3 is 1.85 bits per heavy atom. The van der Waals surface area contributed by atoms with Crippen LogP contribution in [0.3, 0.4) is 0 Å². The summed E-state index contributed by atoms with van der Waals surface area (Å²) in [6, 6.07) is 8.88. The lowest BCUT2D eigenvalue weighted by atomic mass is 9.79. The van der Waals surface area contributed by atoms with Crippen molar-refractivity contribution in [2.75, 3.05) is 44.7 Å². The number of aliphatic hydroxyl groups is 4. The van der Waals surface area contributed by atoms with E-state index in [4.69, 9.17) is 9.84 Å². The quantitative estimate of drug-likeness (QED) is 0.0188. The van der Waals surface area contributed by atoms with Crippen molar-refractivity contribution in [1.29, 1.82) is 0 Å². The van der Waals surface area contributed by atoms with Gasteiger partial charge in [0.25, 0.3) is 40.5 Å². The van der Waals surface area contributed by atoms with E-state index >= 15 is 0 Å². The Balaban J connectivity index is 0.000000696. The van der Waals surface area contributed by atoms with Crippen LogP contribution in [0, 0.1) is 0 Å². The fraction of sp³-hybridized carbons (Fsp3) is 0.442. The number of aliphatic hydroxyl groups excluding tert-OH is 4. The Morgan fingerprint density at radius 2 is 1.31 bits per heavy atom. The number of hydrogen-bond donors (Lipinski definition) is 11. The molecule has 2 amide bonds. The zero-order chi connectivity index (χ0) is 59.5. The van der Waals surface area contributed by atoms with E-state index in [0.29, 0.717) is 79.1 Å². The van der Waals surface area contributed by atoms with Crippen LogP contribution in [0.2, 0.25) is 0 Å². The Hall–Kier alpha value is -5.57. The molecule has 24 nitrogen and oxygen atoms in total. The van der Waals surface area contributed by atoms with Gasteiger partial charge in [0, 0.05) is 77.8 Å². The first-order valence-electron chi connectivity index (χ1n) is 25.3. The SMILES string of the molecule is CCC[N+]1=C(/C=C/C=C/C=C2/N(CCCCCC(=O)NCCNC=O)c3cc(S(=O)(=O)O)c4ccc(S(=O)(=O)O)cc4c3C2(C)C)C(C)(C)c2c1cc(S(=O)(=O)O)c1ccc(S(=O)(=O)O)cc21.CNC1C(O)OC(CO)C(O)C1O. The van der Waals surface area contributed by atoms with E-state index in [0.717, 1.165) is 12.1 Å². The minimum atomic E-state index is -4.86. The third-order valence-electron chi connectivity index (χ3n) is 14.3. The Labute approximate surface area is 464 Å². The highest BCUT2D eigenvalue weighted by atomic mass is 32.2. The molecule has 80 heavy (non-hydrogen) atoms. The lowest BCUT2D eigenvalue weighted by molar-refractivity contribution is -0.437. The van der Waals surface area contributed by atoms with Gasteiger partial charge in [0.2, 0.25) is 18.0 Å². The molecule has 1 saturated heterocycles. The van der Waals surface area contributed by atoms with Crippen molar-refractivity contribution in [1.82, 2.24) is 16.0 Å². The van der Waals surface area contributed by atoms with Crippen LogP contribution in [0.5, 0.6) is 0 Å². The summed E-state index contributed by atoms with van der Waals surface area (Å²) in [6.45, 7) is 10.3. The number of nitrogens with one attached hydrogen (secondary N) is 3. The zero-order valence-corrected chi connectivity index (χ0v) is 47.9. The molecule has 28 heteroatoms. The molecule has 4 aromatic carbocycles. The molecular weight excluding hydrogens is 1130 g/mol. The van der Waals surface area contributed by atoms with Crippen LogP contribution in [0.1, 0.15) is 77.8 Å². The van der Waals surface area contributed by atoms with E-state index in [1.807, 2.05) is 56.2 Å². The summed E-state index contributed by atoms with van der Waals surface area (Å²) < 4.78 is 148. The molecule has 4 aromatic rings. The van der Waals surface area contributed by atoms with Crippen LogP contribution in [-0.4, -0.2) is 165 Å².